The zero-order chi connectivity index (χ0) is 25.5. The molecule has 36 heavy (non-hydrogen) atoms. The van der Waals surface area contributed by atoms with Crippen molar-refractivity contribution < 1.29 is 23.5 Å². The van der Waals surface area contributed by atoms with Gasteiger partial charge in [0, 0.05) is 28.9 Å². The second kappa shape index (κ2) is 11.5. The topological polar surface area (TPSA) is 108 Å². The molecule has 2 amide bonds. The van der Waals surface area contributed by atoms with Crippen LogP contribution < -0.4 is 20.1 Å². The molecule has 0 aliphatic rings. The first-order valence-corrected chi connectivity index (χ1v) is 11.6. The number of anilines is 1. The summed E-state index contributed by atoms with van der Waals surface area (Å²) >= 11 is 5.93. The molecule has 0 saturated heterocycles. The molecule has 2 N–H and O–H groups in total. The van der Waals surface area contributed by atoms with Gasteiger partial charge in [-0.25, -0.2) is 0 Å². The van der Waals surface area contributed by atoms with Gasteiger partial charge in [-0.05, 0) is 61.5 Å². The minimum atomic E-state index is -0.430. The molecule has 0 saturated carbocycles. The van der Waals surface area contributed by atoms with Crippen molar-refractivity contribution in [2.75, 3.05) is 12.4 Å². The number of nitrogens with one attached hydrogen (secondary N) is 2. The first-order chi connectivity index (χ1) is 17.5. The molecule has 0 bridgehead atoms. The molecule has 2 aromatic carbocycles. The van der Waals surface area contributed by atoms with Gasteiger partial charge in [0.2, 0.25) is 0 Å². The Bertz CT molecular complexity index is 1330. The number of benzene rings is 2. The number of carbonyl (C=O) groups is 2. The molecule has 4 rings (SSSR count). The molecule has 9 nitrogen and oxygen atoms in total. The van der Waals surface area contributed by atoms with E-state index in [2.05, 4.69) is 15.7 Å². The minimum Gasteiger partial charge on any atom is -0.496 e. The number of carbonyl (C=O) groups excluding carboxylic acids is 2. The fourth-order valence-electron chi connectivity index (χ4n) is 3.43. The second-order valence-electron chi connectivity index (χ2n) is 7.73. The largest absolute Gasteiger partial charge is 0.496 e. The Morgan fingerprint density at radius 1 is 1.11 bits per heavy atom. The third kappa shape index (κ3) is 6.05. The van der Waals surface area contributed by atoms with Crippen molar-refractivity contribution in [3.63, 3.8) is 0 Å². The van der Waals surface area contributed by atoms with Crippen molar-refractivity contribution in [2.45, 2.75) is 26.6 Å². The molecule has 0 radical (unpaired) electrons. The summed E-state index contributed by atoms with van der Waals surface area (Å²) in [6, 6.07) is 15.5. The number of hydrogen-bond acceptors (Lipinski definition) is 6. The monoisotopic (exact) mass is 508 g/mol. The lowest BCUT2D eigenvalue weighted by Gasteiger charge is -2.12. The number of aryl methyl sites for hydroxylation is 1. The molecule has 0 unspecified atom stereocenters. The maximum atomic E-state index is 13.1. The summed E-state index contributed by atoms with van der Waals surface area (Å²) in [4.78, 5) is 25.9. The smallest absolute Gasteiger partial charge is 0.274 e. The van der Waals surface area contributed by atoms with Gasteiger partial charge in [0.1, 0.15) is 23.9 Å². The van der Waals surface area contributed by atoms with Crippen molar-refractivity contribution >= 4 is 29.1 Å². The van der Waals surface area contributed by atoms with Crippen LogP contribution in [0.4, 0.5) is 5.69 Å². The average Bonchev–Trinajstić information content (AvgIpc) is 3.57. The fraction of sp³-hybridized carbons (Fsp3) is 0.192. The van der Waals surface area contributed by atoms with Gasteiger partial charge in [-0.1, -0.05) is 11.6 Å². The van der Waals surface area contributed by atoms with E-state index in [0.29, 0.717) is 45.6 Å². The summed E-state index contributed by atoms with van der Waals surface area (Å²) in [5, 5.41) is 10.5. The van der Waals surface area contributed by atoms with Crippen molar-refractivity contribution in [2.24, 2.45) is 0 Å². The van der Waals surface area contributed by atoms with Gasteiger partial charge in [-0.3, -0.25) is 14.3 Å². The Kier molecular flexibility index (Phi) is 7.92. The lowest BCUT2D eigenvalue weighted by molar-refractivity contribution is 0.0943. The Labute approximate surface area is 213 Å². The van der Waals surface area contributed by atoms with E-state index in [1.165, 1.54) is 6.26 Å². The van der Waals surface area contributed by atoms with Crippen LogP contribution in [0.15, 0.2) is 71.5 Å². The van der Waals surface area contributed by atoms with Gasteiger partial charge in [-0.15, -0.1) is 0 Å². The highest BCUT2D eigenvalue weighted by atomic mass is 35.5. The van der Waals surface area contributed by atoms with Crippen molar-refractivity contribution in [3.8, 4) is 11.5 Å². The molecule has 186 valence electrons. The summed E-state index contributed by atoms with van der Waals surface area (Å²) in [5.74, 6) is 0.989. The van der Waals surface area contributed by atoms with Crippen molar-refractivity contribution in [3.05, 3.63) is 94.7 Å². The van der Waals surface area contributed by atoms with E-state index in [-0.39, 0.29) is 18.8 Å². The van der Waals surface area contributed by atoms with Crippen LogP contribution in [0.3, 0.4) is 0 Å². The van der Waals surface area contributed by atoms with Crippen LogP contribution >= 0.6 is 11.6 Å². The van der Waals surface area contributed by atoms with Crippen LogP contribution in [0.5, 0.6) is 11.5 Å². The third-order valence-corrected chi connectivity index (χ3v) is 5.55. The normalized spacial score (nSPS) is 10.6. The number of aromatic nitrogens is 2. The van der Waals surface area contributed by atoms with Crippen LogP contribution in [0.2, 0.25) is 5.02 Å². The number of methoxy groups -OCH3 is 1. The highest BCUT2D eigenvalue weighted by molar-refractivity contribution is 6.30. The zero-order valence-electron chi connectivity index (χ0n) is 19.8. The third-order valence-electron chi connectivity index (χ3n) is 5.30. The summed E-state index contributed by atoms with van der Waals surface area (Å²) in [7, 11) is 1.55. The molecule has 0 atom stereocenters. The summed E-state index contributed by atoms with van der Waals surface area (Å²) in [6.45, 7) is 2.80. The molecular formula is C26H25ClN4O5. The minimum absolute atomic E-state index is 0.108. The van der Waals surface area contributed by atoms with E-state index >= 15 is 0 Å². The van der Waals surface area contributed by atoms with Crippen LogP contribution in [0.25, 0.3) is 0 Å². The van der Waals surface area contributed by atoms with Crippen LogP contribution in [-0.2, 0) is 19.7 Å². The highest BCUT2D eigenvalue weighted by Gasteiger charge is 2.20. The van der Waals surface area contributed by atoms with Gasteiger partial charge in [-0.2, -0.15) is 5.10 Å². The van der Waals surface area contributed by atoms with E-state index < -0.39 is 11.8 Å². The summed E-state index contributed by atoms with van der Waals surface area (Å²) in [5.41, 5.74) is 1.46. The maximum absolute atomic E-state index is 13.1. The molecular weight excluding hydrogens is 484 g/mol. The summed E-state index contributed by atoms with van der Waals surface area (Å²) < 4.78 is 18.1. The molecule has 4 aromatic rings. The van der Waals surface area contributed by atoms with E-state index in [9.17, 15) is 9.59 Å². The predicted molar refractivity (Wildman–Crippen MR) is 135 cm³/mol. The van der Waals surface area contributed by atoms with Gasteiger partial charge >= 0.3 is 0 Å². The molecule has 0 spiro atoms. The number of halogens is 1. The van der Waals surface area contributed by atoms with Gasteiger partial charge in [0.05, 0.1) is 25.6 Å². The number of furan rings is 1. The number of amides is 2. The Balaban J connectivity index is 1.49. The van der Waals surface area contributed by atoms with Gasteiger partial charge < -0.3 is 24.5 Å². The van der Waals surface area contributed by atoms with Crippen molar-refractivity contribution in [1.82, 2.24) is 15.1 Å². The van der Waals surface area contributed by atoms with Gasteiger partial charge in [0.15, 0.2) is 5.69 Å². The standard InChI is InChI=1S/C26H25ClN4O5/c1-3-31-15-22(24(30-31)26(33)28-14-21-5-4-12-35-21)29-25(32)17-6-11-23(34-2)18(13-17)16-36-20-9-7-19(27)8-10-20/h4-13,15H,3,14,16H2,1-2H3,(H,28,33)(H,29,32). The zero-order valence-corrected chi connectivity index (χ0v) is 20.5. The van der Waals surface area contributed by atoms with Crippen LogP contribution in [-0.4, -0.2) is 28.7 Å². The van der Waals surface area contributed by atoms with Crippen LogP contribution in [0, 0.1) is 0 Å². The summed E-state index contributed by atoms with van der Waals surface area (Å²) in [6.07, 6.45) is 3.15. The Morgan fingerprint density at radius 3 is 2.61 bits per heavy atom. The van der Waals surface area contributed by atoms with Crippen molar-refractivity contribution in [1.29, 1.82) is 0 Å². The van der Waals surface area contributed by atoms with Gasteiger partial charge in [0.25, 0.3) is 11.8 Å². The first-order valence-electron chi connectivity index (χ1n) is 11.2. The Hall–Kier alpha value is -4.24. The molecule has 2 aromatic heterocycles. The second-order valence-corrected chi connectivity index (χ2v) is 8.17. The van der Waals surface area contributed by atoms with Crippen LogP contribution in [0.1, 0.15) is 39.1 Å². The number of nitrogens with zero attached hydrogens (tertiary/aromatic N) is 2. The van der Waals surface area contributed by atoms with E-state index in [1.807, 2.05) is 6.92 Å². The molecule has 2 heterocycles. The molecule has 10 heteroatoms. The first kappa shape index (κ1) is 24.9. The molecule has 0 aliphatic heterocycles. The maximum Gasteiger partial charge on any atom is 0.274 e. The predicted octanol–water partition coefficient (Wildman–Crippen LogP) is 4.92. The van der Waals surface area contributed by atoms with E-state index in [1.54, 1.807) is 72.6 Å². The Morgan fingerprint density at radius 2 is 1.92 bits per heavy atom. The highest BCUT2D eigenvalue weighted by Crippen LogP contribution is 2.24. The quantitative estimate of drug-likeness (QED) is 0.315. The lowest BCUT2D eigenvalue weighted by atomic mass is 10.1. The molecule has 0 aliphatic carbocycles. The number of ether oxygens (including phenoxy) is 2. The number of rotatable bonds is 10. The lowest BCUT2D eigenvalue weighted by Crippen LogP contribution is -2.25. The van der Waals surface area contributed by atoms with E-state index in [0.717, 1.165) is 0 Å². The fourth-order valence-corrected chi connectivity index (χ4v) is 3.55. The average molecular weight is 509 g/mol. The SMILES string of the molecule is CCn1cc(NC(=O)c2ccc(OC)c(COc3ccc(Cl)cc3)c2)c(C(=O)NCc2ccco2)n1. The van der Waals surface area contributed by atoms with E-state index in [4.69, 9.17) is 25.5 Å². The molecule has 0 fully saturated rings. The number of hydrogen-bond donors (Lipinski definition) is 2.